The normalized spacial score (nSPS) is 24.7. The molecule has 1 N–H and O–H groups in total. The van der Waals surface area contributed by atoms with Crippen LogP contribution in [0.4, 0.5) is 16.2 Å². The Hall–Kier alpha value is -3.24. The summed E-state index contributed by atoms with van der Waals surface area (Å²) in [6.45, 7) is 15.1. The zero-order valence-corrected chi connectivity index (χ0v) is 29.7. The summed E-state index contributed by atoms with van der Waals surface area (Å²) in [6.07, 6.45) is 3.37. The molecular weight excluding hydrogens is 609 g/mol. The third-order valence-electron chi connectivity index (χ3n) is 10.4. The number of nitrogens with one attached hydrogen (secondary N) is 1. The summed E-state index contributed by atoms with van der Waals surface area (Å²) in [5.74, 6) is 0.0947. The summed E-state index contributed by atoms with van der Waals surface area (Å²) in [6, 6.07) is 16.6. The number of likely N-dealkylation sites (tertiary alicyclic amines) is 1. The number of nitrogens with zero attached hydrogens (tertiary/aromatic N) is 5. The van der Waals surface area contributed by atoms with Crippen molar-refractivity contribution in [1.82, 2.24) is 19.6 Å². The number of para-hydroxylation sites is 2. The molecule has 256 valence electrons. The first-order chi connectivity index (χ1) is 22.4. The van der Waals surface area contributed by atoms with Crippen molar-refractivity contribution in [1.29, 1.82) is 0 Å². The van der Waals surface area contributed by atoms with Crippen LogP contribution in [0.25, 0.3) is 0 Å². The molecule has 3 saturated heterocycles. The molecule has 2 aromatic carbocycles. The molecule has 4 aliphatic rings. The summed E-state index contributed by atoms with van der Waals surface area (Å²) in [7, 11) is 2.17. The highest BCUT2D eigenvalue weighted by Gasteiger charge is 2.52. The molecule has 0 spiro atoms. The Morgan fingerprint density at radius 1 is 0.957 bits per heavy atom. The van der Waals surface area contributed by atoms with Crippen LogP contribution in [0.2, 0.25) is 0 Å². The van der Waals surface area contributed by atoms with E-state index in [1.807, 2.05) is 34.9 Å². The molecular formula is C37H54N6O3S. The quantitative estimate of drug-likeness (QED) is 0.397. The van der Waals surface area contributed by atoms with Crippen LogP contribution in [0, 0.1) is 5.41 Å². The predicted octanol–water partition coefficient (Wildman–Crippen LogP) is 5.92. The fourth-order valence-corrected chi connectivity index (χ4v) is 8.96. The average molecular weight is 663 g/mol. The van der Waals surface area contributed by atoms with Crippen LogP contribution in [0.3, 0.4) is 0 Å². The molecule has 0 aliphatic carbocycles. The van der Waals surface area contributed by atoms with E-state index in [9.17, 15) is 14.4 Å². The highest BCUT2D eigenvalue weighted by Crippen LogP contribution is 2.53. The largest absolute Gasteiger partial charge is 0.369 e. The maximum Gasteiger partial charge on any atom is 0.322 e. The number of amides is 4. The second-order valence-corrected chi connectivity index (χ2v) is 16.8. The van der Waals surface area contributed by atoms with E-state index in [4.69, 9.17) is 0 Å². The van der Waals surface area contributed by atoms with Crippen LogP contribution >= 0.6 is 11.8 Å². The van der Waals surface area contributed by atoms with Gasteiger partial charge in [0.1, 0.15) is 10.1 Å². The lowest BCUT2D eigenvalue weighted by Crippen LogP contribution is -2.51. The van der Waals surface area contributed by atoms with Crippen LogP contribution < -0.4 is 10.2 Å². The van der Waals surface area contributed by atoms with Crippen LogP contribution in [0.1, 0.15) is 71.3 Å². The van der Waals surface area contributed by atoms with Crippen LogP contribution in [-0.2, 0) is 16.0 Å². The van der Waals surface area contributed by atoms with Crippen molar-refractivity contribution in [3.8, 4) is 0 Å². The number of fused-ring (bicyclic) bond motifs is 1. The molecule has 47 heavy (non-hydrogen) atoms. The van der Waals surface area contributed by atoms with Crippen LogP contribution in [-0.4, -0.2) is 108 Å². The van der Waals surface area contributed by atoms with E-state index >= 15 is 0 Å². The third kappa shape index (κ3) is 7.43. The summed E-state index contributed by atoms with van der Waals surface area (Å²) < 4.78 is -0.845. The van der Waals surface area contributed by atoms with Crippen molar-refractivity contribution in [2.45, 2.75) is 76.0 Å². The first-order valence-electron chi connectivity index (χ1n) is 17.4. The molecule has 10 heteroatoms. The molecule has 4 aliphatic heterocycles. The average Bonchev–Trinajstić information content (AvgIpc) is 3.17. The van der Waals surface area contributed by atoms with Crippen molar-refractivity contribution in [2.24, 2.45) is 5.41 Å². The van der Waals surface area contributed by atoms with E-state index in [0.29, 0.717) is 26.2 Å². The van der Waals surface area contributed by atoms with E-state index < -0.39 is 4.75 Å². The van der Waals surface area contributed by atoms with Gasteiger partial charge in [0, 0.05) is 76.8 Å². The fraction of sp³-hybridized carbons (Fsp3) is 0.595. The number of anilines is 2. The summed E-state index contributed by atoms with van der Waals surface area (Å²) >= 11 is 1.65. The van der Waals surface area contributed by atoms with E-state index in [-0.39, 0.29) is 42.5 Å². The zero-order valence-electron chi connectivity index (χ0n) is 28.8. The lowest BCUT2D eigenvalue weighted by Gasteiger charge is -2.38. The standard InChI is InChI=1S/C37H52N6O3S.H2/c1-36(2,3)17-21-43-33(29-11-7-9-13-31(29)40-24-22-39(5)23-25-40)47-37(4,34(43)45)26-32(44)41-18-15-28(16-19-41)42-20-14-27-10-6-8-12-30(27)38-35(42)46;/h6-13,28,33H,14-26H2,1-5H3,(H,38,46);1H/t33-,37-;/m1./s1. The molecule has 0 saturated carbocycles. The predicted molar refractivity (Wildman–Crippen MR) is 193 cm³/mol. The second kappa shape index (κ2) is 13.7. The van der Waals surface area contributed by atoms with E-state index in [0.717, 1.165) is 63.1 Å². The van der Waals surface area contributed by atoms with Crippen molar-refractivity contribution in [2.75, 3.05) is 69.6 Å². The summed E-state index contributed by atoms with van der Waals surface area (Å²) in [5, 5.41) is 2.94. The number of piperazine rings is 1. The number of urea groups is 1. The molecule has 4 heterocycles. The lowest BCUT2D eigenvalue weighted by molar-refractivity contribution is -0.139. The topological polar surface area (TPSA) is 79.4 Å². The van der Waals surface area contributed by atoms with E-state index in [2.05, 4.69) is 78.2 Å². The van der Waals surface area contributed by atoms with Gasteiger partial charge in [-0.2, -0.15) is 0 Å². The van der Waals surface area contributed by atoms with Crippen molar-refractivity contribution >= 4 is 41.0 Å². The molecule has 0 bridgehead atoms. The highest BCUT2D eigenvalue weighted by atomic mass is 32.2. The van der Waals surface area contributed by atoms with Crippen LogP contribution in [0.5, 0.6) is 0 Å². The maximum absolute atomic E-state index is 14.4. The number of thioether (sulfide) groups is 1. The van der Waals surface area contributed by atoms with Crippen LogP contribution in [0.15, 0.2) is 48.5 Å². The second-order valence-electron chi connectivity index (χ2n) is 15.2. The highest BCUT2D eigenvalue weighted by molar-refractivity contribution is 8.02. The Balaban J connectivity index is 0.00000451. The molecule has 9 nitrogen and oxygen atoms in total. The monoisotopic (exact) mass is 662 g/mol. The zero-order chi connectivity index (χ0) is 33.3. The van der Waals surface area contributed by atoms with Crippen molar-refractivity contribution in [3.63, 3.8) is 0 Å². The molecule has 6 rings (SSSR count). The minimum absolute atomic E-state index is 0. The number of benzene rings is 2. The lowest BCUT2D eigenvalue weighted by atomic mass is 9.91. The SMILES string of the molecule is CN1CCN(c2ccccc2[C@H]2S[C@](C)(CC(=O)N3CCC(N4CCc5ccccc5NC4=O)CC3)C(=O)N2CCC(C)(C)C)CC1.[HH]. The van der Waals surface area contributed by atoms with Gasteiger partial charge in [-0.15, -0.1) is 11.8 Å². The molecule has 3 fully saturated rings. The number of hydrogen-bond acceptors (Lipinski definition) is 6. The summed E-state index contributed by atoms with van der Waals surface area (Å²) in [4.78, 5) is 52.1. The van der Waals surface area contributed by atoms with Gasteiger partial charge in [-0.1, -0.05) is 57.2 Å². The van der Waals surface area contributed by atoms with E-state index in [1.54, 1.807) is 11.8 Å². The first-order valence-corrected chi connectivity index (χ1v) is 18.2. The molecule has 2 aromatic rings. The Kier molecular flexibility index (Phi) is 9.81. The fourth-order valence-electron chi connectivity index (χ4n) is 7.39. The van der Waals surface area contributed by atoms with Gasteiger partial charge in [0.2, 0.25) is 11.8 Å². The summed E-state index contributed by atoms with van der Waals surface area (Å²) in [5.41, 5.74) is 4.49. The Bertz CT molecular complexity index is 1470. The molecule has 0 radical (unpaired) electrons. The smallest absolute Gasteiger partial charge is 0.322 e. The number of carbonyl (C=O) groups is 3. The van der Waals surface area contributed by atoms with Gasteiger partial charge in [0.15, 0.2) is 0 Å². The minimum Gasteiger partial charge on any atom is -0.369 e. The molecule has 0 aromatic heterocycles. The molecule has 2 atom stereocenters. The maximum atomic E-state index is 14.4. The number of hydrogen-bond donors (Lipinski definition) is 1. The minimum atomic E-state index is -0.845. The molecule has 0 unspecified atom stereocenters. The van der Waals surface area contributed by atoms with Crippen molar-refractivity contribution < 1.29 is 15.8 Å². The number of carbonyl (C=O) groups excluding carboxylic acids is 3. The van der Waals surface area contributed by atoms with Crippen molar-refractivity contribution in [3.05, 3.63) is 59.7 Å². The van der Waals surface area contributed by atoms with Gasteiger partial charge >= 0.3 is 6.03 Å². The Labute approximate surface area is 286 Å². The van der Waals surface area contributed by atoms with Gasteiger partial charge < -0.3 is 29.8 Å². The number of likely N-dealkylation sites (N-methyl/N-ethyl adjacent to an activating group) is 1. The van der Waals surface area contributed by atoms with Gasteiger partial charge in [-0.25, -0.2) is 4.79 Å². The van der Waals surface area contributed by atoms with Gasteiger partial charge in [-0.3, -0.25) is 9.59 Å². The Morgan fingerprint density at radius 2 is 1.64 bits per heavy atom. The van der Waals surface area contributed by atoms with Gasteiger partial charge in [0.25, 0.3) is 0 Å². The number of piperidine rings is 1. The first kappa shape index (κ1) is 33.7. The number of rotatable bonds is 7. The molecule has 4 amide bonds. The van der Waals surface area contributed by atoms with Gasteiger partial charge in [-0.05, 0) is 62.8 Å². The van der Waals surface area contributed by atoms with E-state index in [1.165, 1.54) is 11.3 Å². The third-order valence-corrected chi connectivity index (χ3v) is 12.0. The Morgan fingerprint density at radius 3 is 2.36 bits per heavy atom. The van der Waals surface area contributed by atoms with Gasteiger partial charge in [0.05, 0.1) is 6.42 Å².